The van der Waals surface area contributed by atoms with Crippen LogP contribution in [0.5, 0.6) is 0 Å². The summed E-state index contributed by atoms with van der Waals surface area (Å²) in [5.74, 6) is -8.98. The Bertz CT molecular complexity index is 255. The first-order valence-corrected chi connectivity index (χ1v) is 3.09. The van der Waals surface area contributed by atoms with Gasteiger partial charge in [-0.1, -0.05) is 0 Å². The van der Waals surface area contributed by atoms with E-state index < -0.39 is 30.2 Å². The van der Waals surface area contributed by atoms with Crippen LogP contribution in [0.1, 0.15) is 6.92 Å². The number of carbonyl (C=O) groups excluding carboxylic acids is 1. The fraction of sp³-hybridized carbons (Fsp3) is 0.500. The second-order valence-electron chi connectivity index (χ2n) is 2.25. The molecule has 1 unspecified atom stereocenters. The predicted molar refractivity (Wildman–Crippen MR) is 32.0 cm³/mol. The third-order valence-corrected chi connectivity index (χ3v) is 1.03. The van der Waals surface area contributed by atoms with Crippen LogP contribution >= 0.6 is 0 Å². The Labute approximate surface area is 74.1 Å². The molecular weight excluding hydrogens is 218 g/mol. The van der Waals surface area contributed by atoms with Crippen LogP contribution in [0.25, 0.3) is 0 Å². The highest BCUT2D eigenvalue weighted by atomic mass is 19.3. The number of carbonyl (C=O) groups is 1. The SMILES string of the molecule is CC(F)(OC(=O)C(F)=C(F)F)C(F)F. The molecule has 0 N–H and O–H groups in total. The molecule has 0 radical (unpaired) electrons. The molecule has 0 aliphatic carbocycles. The molecule has 2 nitrogen and oxygen atoms in total. The molecule has 0 bridgehead atoms. The molecule has 8 heteroatoms. The monoisotopic (exact) mass is 222 g/mol. The second kappa shape index (κ2) is 4.34. The van der Waals surface area contributed by atoms with Crippen LogP contribution in [0.4, 0.5) is 26.3 Å². The summed E-state index contributed by atoms with van der Waals surface area (Å²) in [6.07, 6.45) is -6.83. The Balaban J connectivity index is 4.57. The molecule has 82 valence electrons. The Morgan fingerprint density at radius 2 is 1.71 bits per heavy atom. The lowest BCUT2D eigenvalue weighted by Crippen LogP contribution is -2.34. The van der Waals surface area contributed by atoms with Gasteiger partial charge in [0.15, 0.2) is 0 Å². The Kier molecular flexibility index (Phi) is 3.96. The van der Waals surface area contributed by atoms with Gasteiger partial charge in [0.2, 0.25) is 0 Å². The topological polar surface area (TPSA) is 26.3 Å². The first-order valence-electron chi connectivity index (χ1n) is 3.09. The van der Waals surface area contributed by atoms with Crippen molar-refractivity contribution in [2.75, 3.05) is 0 Å². The van der Waals surface area contributed by atoms with Gasteiger partial charge < -0.3 is 4.74 Å². The van der Waals surface area contributed by atoms with E-state index >= 15 is 0 Å². The van der Waals surface area contributed by atoms with Gasteiger partial charge in [0.1, 0.15) is 0 Å². The largest absolute Gasteiger partial charge is 0.417 e. The van der Waals surface area contributed by atoms with Crippen molar-refractivity contribution in [3.8, 4) is 0 Å². The Morgan fingerprint density at radius 3 is 2.00 bits per heavy atom. The lowest BCUT2D eigenvalue weighted by atomic mass is 10.4. The molecule has 0 rings (SSSR count). The van der Waals surface area contributed by atoms with Gasteiger partial charge in [-0.25, -0.2) is 13.6 Å². The van der Waals surface area contributed by atoms with Crippen molar-refractivity contribution in [1.29, 1.82) is 0 Å². The van der Waals surface area contributed by atoms with Gasteiger partial charge >= 0.3 is 24.3 Å². The van der Waals surface area contributed by atoms with Crippen LogP contribution in [-0.2, 0) is 9.53 Å². The number of halogens is 6. The van der Waals surface area contributed by atoms with E-state index in [1.165, 1.54) is 0 Å². The molecule has 0 aliphatic heterocycles. The average Bonchev–Trinajstić information content (AvgIpc) is 2.01. The summed E-state index contributed by atoms with van der Waals surface area (Å²) >= 11 is 0. The summed E-state index contributed by atoms with van der Waals surface area (Å²) in [6.45, 7) is 0.110. The minimum absolute atomic E-state index is 0.110. The van der Waals surface area contributed by atoms with E-state index in [2.05, 4.69) is 4.74 Å². The molecule has 0 saturated carbocycles. The highest BCUT2D eigenvalue weighted by Gasteiger charge is 2.40. The Hall–Kier alpha value is -1.21. The van der Waals surface area contributed by atoms with E-state index in [0.717, 1.165) is 0 Å². The summed E-state index contributed by atoms with van der Waals surface area (Å²) < 4.78 is 73.6. The number of esters is 1. The molecule has 0 saturated heterocycles. The molecule has 0 aromatic carbocycles. The Morgan fingerprint density at radius 1 is 1.29 bits per heavy atom. The molecule has 0 amide bonds. The number of ether oxygens (including phenoxy) is 1. The van der Waals surface area contributed by atoms with E-state index in [9.17, 15) is 31.1 Å². The fourth-order valence-corrected chi connectivity index (χ4v) is 0.348. The lowest BCUT2D eigenvalue weighted by Gasteiger charge is -2.18. The summed E-state index contributed by atoms with van der Waals surface area (Å²) in [7, 11) is 0. The lowest BCUT2D eigenvalue weighted by molar-refractivity contribution is -0.211. The summed E-state index contributed by atoms with van der Waals surface area (Å²) in [6, 6.07) is 0. The van der Waals surface area contributed by atoms with E-state index in [1.54, 1.807) is 0 Å². The maximum atomic E-state index is 12.5. The van der Waals surface area contributed by atoms with Gasteiger partial charge in [-0.15, -0.1) is 0 Å². The van der Waals surface area contributed by atoms with Gasteiger partial charge in [0, 0.05) is 6.92 Å². The van der Waals surface area contributed by atoms with Gasteiger partial charge in [0.25, 0.3) is 5.83 Å². The molecule has 14 heavy (non-hydrogen) atoms. The van der Waals surface area contributed by atoms with Gasteiger partial charge in [-0.2, -0.15) is 17.6 Å². The first kappa shape index (κ1) is 12.8. The van der Waals surface area contributed by atoms with Gasteiger partial charge in [0.05, 0.1) is 0 Å². The van der Waals surface area contributed by atoms with E-state index in [0.29, 0.717) is 0 Å². The van der Waals surface area contributed by atoms with Crippen LogP contribution in [-0.4, -0.2) is 18.2 Å². The maximum absolute atomic E-state index is 12.5. The fourth-order valence-electron chi connectivity index (χ4n) is 0.348. The maximum Gasteiger partial charge on any atom is 0.375 e. The van der Waals surface area contributed by atoms with E-state index in [4.69, 9.17) is 0 Å². The zero-order valence-electron chi connectivity index (χ0n) is 6.66. The van der Waals surface area contributed by atoms with Crippen molar-refractivity contribution in [2.24, 2.45) is 0 Å². The number of hydrogen-bond donors (Lipinski definition) is 0. The zero-order valence-corrected chi connectivity index (χ0v) is 6.66. The van der Waals surface area contributed by atoms with E-state index in [1.807, 2.05) is 0 Å². The standard InChI is InChI=1S/C6H4F6O2/c1-6(12,5(10)11)14-4(13)2(7)3(8)9/h5H,1H3. The van der Waals surface area contributed by atoms with Crippen LogP contribution < -0.4 is 0 Å². The van der Waals surface area contributed by atoms with Crippen LogP contribution in [0.2, 0.25) is 0 Å². The van der Waals surface area contributed by atoms with E-state index in [-0.39, 0.29) is 6.92 Å². The molecule has 1 atom stereocenters. The van der Waals surface area contributed by atoms with Gasteiger partial charge in [-0.05, 0) is 0 Å². The minimum Gasteiger partial charge on any atom is -0.417 e. The molecule has 0 aromatic heterocycles. The number of hydrogen-bond acceptors (Lipinski definition) is 2. The van der Waals surface area contributed by atoms with Crippen molar-refractivity contribution in [3.63, 3.8) is 0 Å². The van der Waals surface area contributed by atoms with Crippen molar-refractivity contribution >= 4 is 5.97 Å². The molecule has 0 fully saturated rings. The smallest absolute Gasteiger partial charge is 0.375 e. The van der Waals surface area contributed by atoms with Gasteiger partial charge in [-0.3, -0.25) is 0 Å². The molecule has 0 aromatic rings. The van der Waals surface area contributed by atoms with Crippen molar-refractivity contribution in [3.05, 3.63) is 11.9 Å². The quantitative estimate of drug-likeness (QED) is 0.416. The summed E-state index contributed by atoms with van der Waals surface area (Å²) in [5.41, 5.74) is 0. The zero-order chi connectivity index (χ0) is 11.5. The van der Waals surface area contributed by atoms with Crippen LogP contribution in [0, 0.1) is 0 Å². The first-order chi connectivity index (χ1) is 6.18. The predicted octanol–water partition coefficient (Wildman–Crippen LogP) is 2.56. The molecule has 0 spiro atoms. The second-order valence-corrected chi connectivity index (χ2v) is 2.25. The molecule has 0 heterocycles. The van der Waals surface area contributed by atoms with Crippen LogP contribution in [0.3, 0.4) is 0 Å². The number of alkyl halides is 3. The van der Waals surface area contributed by atoms with Crippen molar-refractivity contribution in [2.45, 2.75) is 19.2 Å². The molecule has 0 aliphatic rings. The van der Waals surface area contributed by atoms with Crippen LogP contribution in [0.15, 0.2) is 11.9 Å². The highest BCUT2D eigenvalue weighted by molar-refractivity contribution is 5.86. The third kappa shape index (κ3) is 3.27. The molecular formula is C6H4F6O2. The van der Waals surface area contributed by atoms with Crippen molar-refractivity contribution < 1.29 is 35.9 Å². The normalized spacial score (nSPS) is 14.9. The van der Waals surface area contributed by atoms with Crippen molar-refractivity contribution in [1.82, 2.24) is 0 Å². The minimum atomic E-state index is -3.80. The highest BCUT2D eigenvalue weighted by Crippen LogP contribution is 2.24. The summed E-state index contributed by atoms with van der Waals surface area (Å²) in [5, 5.41) is 0. The number of rotatable bonds is 3. The average molecular weight is 222 g/mol. The third-order valence-electron chi connectivity index (χ3n) is 1.03. The summed E-state index contributed by atoms with van der Waals surface area (Å²) in [4.78, 5) is 10.2.